The Kier molecular flexibility index (Phi) is 2.97. The number of hydrogen-bond donors (Lipinski definition) is 0. The van der Waals surface area contributed by atoms with Gasteiger partial charge in [-0.3, -0.25) is 14.5 Å². The van der Waals surface area contributed by atoms with Gasteiger partial charge in [-0.05, 0) is 37.5 Å². The zero-order valence-corrected chi connectivity index (χ0v) is 11.0. The van der Waals surface area contributed by atoms with Gasteiger partial charge in [-0.15, -0.1) is 0 Å². The third-order valence-electron chi connectivity index (χ3n) is 3.17. The Labute approximate surface area is 106 Å². The zero-order valence-electron chi connectivity index (χ0n) is 11.0. The largest absolute Gasteiger partial charge is 0.272 e. The van der Waals surface area contributed by atoms with Gasteiger partial charge in [0.15, 0.2) is 0 Å². The Hall–Kier alpha value is -1.71. The van der Waals surface area contributed by atoms with E-state index in [2.05, 4.69) is 0 Å². The molecule has 0 aromatic heterocycles. The standard InChI is InChI=1S/C14H16FNO2/c1-7(2)9-5-10-11(6-12(9)15)14(18)16(8(3)4)13(10)17/h5-8H,1-4H3. The van der Waals surface area contributed by atoms with E-state index in [0.29, 0.717) is 11.1 Å². The molecule has 0 spiro atoms. The summed E-state index contributed by atoms with van der Waals surface area (Å²) in [5.41, 5.74) is 0.968. The molecule has 0 unspecified atom stereocenters. The van der Waals surface area contributed by atoms with Crippen LogP contribution >= 0.6 is 0 Å². The molecule has 1 aliphatic heterocycles. The summed E-state index contributed by atoms with van der Waals surface area (Å²) >= 11 is 0. The van der Waals surface area contributed by atoms with Gasteiger partial charge in [0, 0.05) is 6.04 Å². The molecule has 3 nitrogen and oxygen atoms in total. The van der Waals surface area contributed by atoms with Crippen molar-refractivity contribution >= 4 is 11.8 Å². The maximum Gasteiger partial charge on any atom is 0.261 e. The van der Waals surface area contributed by atoms with E-state index in [9.17, 15) is 14.0 Å². The molecule has 1 aromatic carbocycles. The number of hydrogen-bond acceptors (Lipinski definition) is 2. The third kappa shape index (κ3) is 1.72. The lowest BCUT2D eigenvalue weighted by Gasteiger charge is -2.17. The van der Waals surface area contributed by atoms with Gasteiger partial charge in [-0.1, -0.05) is 13.8 Å². The maximum absolute atomic E-state index is 13.8. The summed E-state index contributed by atoms with van der Waals surface area (Å²) < 4.78 is 13.8. The first-order valence-corrected chi connectivity index (χ1v) is 6.06. The molecule has 0 saturated carbocycles. The Morgan fingerprint density at radius 2 is 1.50 bits per heavy atom. The average molecular weight is 249 g/mol. The molecule has 0 aliphatic carbocycles. The van der Waals surface area contributed by atoms with Crippen LogP contribution < -0.4 is 0 Å². The average Bonchev–Trinajstić information content (AvgIpc) is 2.49. The second-order valence-electron chi connectivity index (χ2n) is 5.15. The van der Waals surface area contributed by atoms with Crippen LogP contribution in [-0.4, -0.2) is 22.8 Å². The second kappa shape index (κ2) is 4.19. The van der Waals surface area contributed by atoms with Crippen molar-refractivity contribution < 1.29 is 14.0 Å². The first kappa shape index (κ1) is 12.7. The third-order valence-corrected chi connectivity index (χ3v) is 3.17. The van der Waals surface area contributed by atoms with Gasteiger partial charge < -0.3 is 0 Å². The number of benzene rings is 1. The molecule has 2 amide bonds. The Morgan fingerprint density at radius 1 is 1.00 bits per heavy atom. The van der Waals surface area contributed by atoms with Gasteiger partial charge in [0.25, 0.3) is 11.8 Å². The number of carbonyl (C=O) groups excluding carboxylic acids is 2. The van der Waals surface area contributed by atoms with Crippen LogP contribution in [0.25, 0.3) is 0 Å². The van der Waals surface area contributed by atoms with E-state index in [1.54, 1.807) is 13.8 Å². The van der Waals surface area contributed by atoms with Crippen molar-refractivity contribution in [2.24, 2.45) is 0 Å². The normalized spacial score (nSPS) is 14.9. The quantitative estimate of drug-likeness (QED) is 0.756. The molecule has 18 heavy (non-hydrogen) atoms. The van der Waals surface area contributed by atoms with E-state index in [4.69, 9.17) is 0 Å². The van der Waals surface area contributed by atoms with Crippen LogP contribution in [0.4, 0.5) is 4.39 Å². The fourth-order valence-electron chi connectivity index (χ4n) is 2.21. The minimum absolute atomic E-state index is 0.0219. The van der Waals surface area contributed by atoms with Crippen LogP contribution in [0, 0.1) is 5.82 Å². The molecule has 0 saturated heterocycles. The topological polar surface area (TPSA) is 37.4 Å². The fraction of sp³-hybridized carbons (Fsp3) is 0.429. The molecule has 4 heteroatoms. The molecule has 1 aliphatic rings. The summed E-state index contributed by atoms with van der Waals surface area (Å²) in [5, 5.41) is 0. The second-order valence-corrected chi connectivity index (χ2v) is 5.15. The molecule has 0 radical (unpaired) electrons. The van der Waals surface area contributed by atoms with Crippen molar-refractivity contribution in [1.82, 2.24) is 4.90 Å². The van der Waals surface area contributed by atoms with E-state index in [0.717, 1.165) is 0 Å². The summed E-state index contributed by atoms with van der Waals surface area (Å²) in [5.74, 6) is -1.17. The summed E-state index contributed by atoms with van der Waals surface area (Å²) in [4.78, 5) is 25.3. The van der Waals surface area contributed by atoms with Crippen LogP contribution in [0.2, 0.25) is 0 Å². The van der Waals surface area contributed by atoms with E-state index in [1.807, 2.05) is 13.8 Å². The van der Waals surface area contributed by atoms with E-state index < -0.39 is 11.7 Å². The fourth-order valence-corrected chi connectivity index (χ4v) is 2.21. The van der Waals surface area contributed by atoms with E-state index >= 15 is 0 Å². The minimum Gasteiger partial charge on any atom is -0.272 e. The number of carbonyl (C=O) groups is 2. The van der Waals surface area contributed by atoms with Crippen LogP contribution in [0.5, 0.6) is 0 Å². The van der Waals surface area contributed by atoms with Crippen molar-refractivity contribution in [2.75, 3.05) is 0 Å². The van der Waals surface area contributed by atoms with Gasteiger partial charge in [-0.25, -0.2) is 4.39 Å². The molecule has 0 atom stereocenters. The van der Waals surface area contributed by atoms with Gasteiger partial charge in [0.05, 0.1) is 11.1 Å². The summed E-state index contributed by atoms with van der Waals surface area (Å²) in [6.07, 6.45) is 0. The van der Waals surface area contributed by atoms with Gasteiger partial charge in [0.1, 0.15) is 5.82 Å². The molecule has 0 N–H and O–H groups in total. The van der Waals surface area contributed by atoms with Crippen molar-refractivity contribution in [3.8, 4) is 0 Å². The lowest BCUT2D eigenvalue weighted by Crippen LogP contribution is -2.35. The summed E-state index contributed by atoms with van der Waals surface area (Å²) in [6.45, 7) is 7.24. The zero-order chi connectivity index (χ0) is 13.6. The van der Waals surface area contributed by atoms with Crippen molar-refractivity contribution in [3.05, 3.63) is 34.6 Å². The Balaban J connectivity index is 2.59. The predicted molar refractivity (Wildman–Crippen MR) is 66.1 cm³/mol. The summed E-state index contributed by atoms with van der Waals surface area (Å²) in [6, 6.07) is 2.48. The molecule has 2 rings (SSSR count). The first-order valence-electron chi connectivity index (χ1n) is 6.06. The molecule has 0 bridgehead atoms. The minimum atomic E-state index is -0.421. The molecular formula is C14H16FNO2. The van der Waals surface area contributed by atoms with E-state index in [1.165, 1.54) is 17.0 Å². The van der Waals surface area contributed by atoms with Crippen LogP contribution in [0.3, 0.4) is 0 Å². The number of nitrogens with zero attached hydrogens (tertiary/aromatic N) is 1. The number of halogens is 1. The molecular weight excluding hydrogens is 233 g/mol. The molecule has 96 valence electrons. The van der Waals surface area contributed by atoms with Crippen molar-refractivity contribution in [2.45, 2.75) is 39.7 Å². The molecule has 0 fully saturated rings. The van der Waals surface area contributed by atoms with Gasteiger partial charge in [0.2, 0.25) is 0 Å². The molecule has 1 heterocycles. The van der Waals surface area contributed by atoms with Crippen molar-refractivity contribution in [1.29, 1.82) is 0 Å². The predicted octanol–water partition coefficient (Wildman–Crippen LogP) is 2.95. The maximum atomic E-state index is 13.8. The highest BCUT2D eigenvalue weighted by Crippen LogP contribution is 2.29. The first-order chi connectivity index (χ1) is 8.34. The number of amides is 2. The van der Waals surface area contributed by atoms with Crippen LogP contribution in [0.1, 0.15) is 59.9 Å². The summed E-state index contributed by atoms with van der Waals surface area (Å²) in [7, 11) is 0. The Bertz CT molecular complexity index is 535. The highest BCUT2D eigenvalue weighted by Gasteiger charge is 2.38. The van der Waals surface area contributed by atoms with Crippen LogP contribution in [-0.2, 0) is 0 Å². The number of imide groups is 1. The van der Waals surface area contributed by atoms with Gasteiger partial charge in [-0.2, -0.15) is 0 Å². The van der Waals surface area contributed by atoms with Crippen molar-refractivity contribution in [3.63, 3.8) is 0 Å². The Morgan fingerprint density at radius 3 is 1.94 bits per heavy atom. The molecule has 1 aromatic rings. The van der Waals surface area contributed by atoms with Crippen LogP contribution in [0.15, 0.2) is 12.1 Å². The smallest absolute Gasteiger partial charge is 0.261 e. The monoisotopic (exact) mass is 249 g/mol. The lowest BCUT2D eigenvalue weighted by atomic mass is 9.97. The SMILES string of the molecule is CC(C)c1cc2c(cc1F)C(=O)N(C(C)C)C2=O. The number of rotatable bonds is 2. The van der Waals surface area contributed by atoms with Gasteiger partial charge >= 0.3 is 0 Å². The lowest BCUT2D eigenvalue weighted by molar-refractivity contribution is 0.0609. The highest BCUT2D eigenvalue weighted by molar-refractivity contribution is 6.21. The van der Waals surface area contributed by atoms with E-state index in [-0.39, 0.29) is 23.4 Å². The number of fused-ring (bicyclic) bond motifs is 1. The highest BCUT2D eigenvalue weighted by atomic mass is 19.1.